The molecule has 1 unspecified atom stereocenters. The van der Waals surface area contributed by atoms with E-state index in [1.165, 1.54) is 0 Å². The molecule has 1 aliphatic rings. The Morgan fingerprint density at radius 3 is 2.41 bits per heavy atom. The Bertz CT molecular complexity index is 1940. The summed E-state index contributed by atoms with van der Waals surface area (Å²) in [7, 11) is 0. The van der Waals surface area contributed by atoms with Crippen molar-refractivity contribution >= 4 is 21.8 Å². The van der Waals surface area contributed by atoms with Crippen molar-refractivity contribution in [2.45, 2.75) is 46.7 Å². The molecular weight excluding hydrogens is 486 g/mol. The second-order valence-corrected chi connectivity index (χ2v) is 9.90. The predicted octanol–water partition coefficient (Wildman–Crippen LogP) is 5.89. The third kappa shape index (κ3) is 3.56. The van der Waals surface area contributed by atoms with E-state index in [2.05, 4.69) is 36.6 Å². The Kier molecular flexibility index (Phi) is 5.76. The maximum absolute atomic E-state index is 13.4. The lowest BCUT2D eigenvalue weighted by atomic mass is 9.80. The maximum Gasteiger partial charge on any atom is 0.261 e. The first kappa shape index (κ1) is 24.5. The molecule has 3 heterocycles. The van der Waals surface area contributed by atoms with E-state index in [4.69, 9.17) is 15.5 Å². The molecule has 0 saturated carbocycles. The number of fused-ring (bicyclic) bond motifs is 3. The summed E-state index contributed by atoms with van der Waals surface area (Å²) < 4.78 is 10.0. The smallest absolute Gasteiger partial charge is 0.261 e. The summed E-state index contributed by atoms with van der Waals surface area (Å²) in [5, 5.41) is 12.0. The molecular formula is C32H29N5O2. The van der Waals surface area contributed by atoms with Crippen LogP contribution in [0.1, 0.15) is 42.1 Å². The van der Waals surface area contributed by atoms with E-state index in [-0.39, 0.29) is 11.4 Å². The van der Waals surface area contributed by atoms with Gasteiger partial charge in [-0.3, -0.25) is 9.36 Å². The van der Waals surface area contributed by atoms with E-state index in [0.717, 1.165) is 45.4 Å². The van der Waals surface area contributed by atoms with Crippen LogP contribution < -0.4 is 16.0 Å². The van der Waals surface area contributed by atoms with E-state index >= 15 is 0 Å². The number of para-hydroxylation sites is 2. The fourth-order valence-electron chi connectivity index (χ4n) is 6.08. The molecule has 0 bridgehead atoms. The van der Waals surface area contributed by atoms with E-state index in [0.29, 0.717) is 34.6 Å². The molecule has 3 aromatic carbocycles. The standard InChI is InChI=1S/C32H29N5O2/c1-5-36-19(4)27(22-12-8-10-14-26(22)36)28-23-16-20(15-18(3)29(23)39-30(34)24(28)17-33)31-35-25-13-9-7-11-21(25)32(38)37(31)6-2/h7-16,28H,5-6,34H2,1-4H3. The van der Waals surface area contributed by atoms with Crippen LogP contribution in [0.5, 0.6) is 5.75 Å². The lowest BCUT2D eigenvalue weighted by Gasteiger charge is -2.29. The number of ether oxygens (including phenoxy) is 1. The van der Waals surface area contributed by atoms with Gasteiger partial charge in [0, 0.05) is 40.8 Å². The van der Waals surface area contributed by atoms with Crippen molar-refractivity contribution in [3.63, 3.8) is 0 Å². The Hall–Kier alpha value is -4.83. The van der Waals surface area contributed by atoms with Crippen molar-refractivity contribution in [3.8, 4) is 23.2 Å². The quantitative estimate of drug-likeness (QED) is 0.322. The summed E-state index contributed by atoms with van der Waals surface area (Å²) in [4.78, 5) is 18.3. The number of hydrogen-bond acceptors (Lipinski definition) is 5. The number of rotatable bonds is 4. The number of nitriles is 1. The van der Waals surface area contributed by atoms with Crippen molar-refractivity contribution in [2.75, 3.05) is 0 Å². The molecule has 1 atom stereocenters. The first-order valence-corrected chi connectivity index (χ1v) is 13.2. The van der Waals surface area contributed by atoms with Gasteiger partial charge in [0.2, 0.25) is 5.88 Å². The fourth-order valence-corrected chi connectivity index (χ4v) is 6.08. The zero-order valence-electron chi connectivity index (χ0n) is 22.4. The molecule has 0 spiro atoms. The van der Waals surface area contributed by atoms with Crippen LogP contribution in [0.4, 0.5) is 0 Å². The summed E-state index contributed by atoms with van der Waals surface area (Å²) >= 11 is 0. The molecule has 2 aromatic heterocycles. The topological polar surface area (TPSA) is 98.9 Å². The minimum absolute atomic E-state index is 0.0787. The van der Waals surface area contributed by atoms with E-state index < -0.39 is 5.92 Å². The van der Waals surface area contributed by atoms with Crippen molar-refractivity contribution in [1.82, 2.24) is 14.1 Å². The first-order valence-electron chi connectivity index (χ1n) is 13.2. The lowest BCUT2D eigenvalue weighted by Crippen LogP contribution is -2.24. The van der Waals surface area contributed by atoms with E-state index in [1.807, 2.05) is 62.4 Å². The molecule has 6 rings (SSSR count). The van der Waals surface area contributed by atoms with Gasteiger partial charge in [0.05, 0.1) is 16.8 Å². The molecule has 1 aliphatic heterocycles. The van der Waals surface area contributed by atoms with Crippen molar-refractivity contribution < 1.29 is 4.74 Å². The zero-order chi connectivity index (χ0) is 27.4. The molecule has 7 heteroatoms. The number of aryl methyl sites for hydroxylation is 2. The monoisotopic (exact) mass is 515 g/mol. The zero-order valence-corrected chi connectivity index (χ0v) is 22.4. The van der Waals surface area contributed by atoms with Crippen LogP contribution in [0, 0.1) is 25.2 Å². The third-order valence-corrected chi connectivity index (χ3v) is 7.82. The van der Waals surface area contributed by atoms with Gasteiger partial charge < -0.3 is 15.0 Å². The predicted molar refractivity (Wildman–Crippen MR) is 153 cm³/mol. The second kappa shape index (κ2) is 9.17. The largest absolute Gasteiger partial charge is 0.440 e. The lowest BCUT2D eigenvalue weighted by molar-refractivity contribution is 0.391. The summed E-state index contributed by atoms with van der Waals surface area (Å²) in [6.45, 7) is 9.39. The Balaban J connectivity index is 1.68. The average molecular weight is 516 g/mol. The van der Waals surface area contributed by atoms with Crippen LogP contribution in [0.25, 0.3) is 33.2 Å². The van der Waals surface area contributed by atoms with Gasteiger partial charge in [0.25, 0.3) is 5.56 Å². The van der Waals surface area contributed by atoms with Crippen LogP contribution in [0.3, 0.4) is 0 Å². The maximum atomic E-state index is 13.4. The minimum Gasteiger partial charge on any atom is -0.440 e. The summed E-state index contributed by atoms with van der Waals surface area (Å²) in [6, 6.07) is 22.0. The molecule has 0 amide bonds. The highest BCUT2D eigenvalue weighted by Crippen LogP contribution is 2.48. The van der Waals surface area contributed by atoms with Crippen LogP contribution in [-0.4, -0.2) is 14.1 Å². The molecule has 39 heavy (non-hydrogen) atoms. The highest BCUT2D eigenvalue weighted by Gasteiger charge is 2.35. The Labute approximate surface area is 226 Å². The van der Waals surface area contributed by atoms with E-state index in [9.17, 15) is 10.1 Å². The van der Waals surface area contributed by atoms with Crippen molar-refractivity contribution in [2.24, 2.45) is 5.73 Å². The number of nitrogens with two attached hydrogens (primary N) is 1. The highest BCUT2D eigenvalue weighted by atomic mass is 16.5. The highest BCUT2D eigenvalue weighted by molar-refractivity contribution is 5.88. The van der Waals surface area contributed by atoms with Crippen molar-refractivity contribution in [1.29, 1.82) is 5.26 Å². The fraction of sp³-hybridized carbons (Fsp3) is 0.219. The number of benzene rings is 3. The SMILES string of the molecule is CCn1c(-c2cc(C)c3c(c2)C(c2c(C)n(CC)c4ccccc24)C(C#N)=C(N)O3)nc2ccccc2c1=O. The van der Waals surface area contributed by atoms with Gasteiger partial charge in [-0.2, -0.15) is 5.26 Å². The number of hydrogen-bond donors (Lipinski definition) is 1. The van der Waals surface area contributed by atoms with Crippen molar-refractivity contribution in [3.05, 3.63) is 105 Å². The van der Waals surface area contributed by atoms with Gasteiger partial charge in [-0.15, -0.1) is 0 Å². The molecule has 0 radical (unpaired) electrons. The molecule has 194 valence electrons. The van der Waals surface area contributed by atoms with Crippen LogP contribution >= 0.6 is 0 Å². The molecule has 5 aromatic rings. The molecule has 0 aliphatic carbocycles. The molecule has 7 nitrogen and oxygen atoms in total. The van der Waals surface area contributed by atoms with Gasteiger partial charge in [-0.1, -0.05) is 30.3 Å². The number of nitrogens with zero attached hydrogens (tertiary/aromatic N) is 4. The van der Waals surface area contributed by atoms with Crippen LogP contribution in [-0.2, 0) is 13.1 Å². The average Bonchev–Trinajstić information content (AvgIpc) is 3.23. The third-order valence-electron chi connectivity index (χ3n) is 7.82. The number of allylic oxidation sites excluding steroid dienone is 1. The minimum atomic E-state index is -0.433. The van der Waals surface area contributed by atoms with Gasteiger partial charge in [-0.25, -0.2) is 4.98 Å². The van der Waals surface area contributed by atoms with Gasteiger partial charge in [-0.05, 0) is 69.2 Å². The normalized spacial score (nSPS) is 14.9. The molecule has 2 N–H and O–H groups in total. The van der Waals surface area contributed by atoms with Gasteiger partial charge in [0.1, 0.15) is 23.2 Å². The summed E-state index contributed by atoms with van der Waals surface area (Å²) in [5.41, 5.74) is 13.0. The van der Waals surface area contributed by atoms with Crippen LogP contribution in [0.15, 0.2) is 76.9 Å². The molecule has 0 saturated heterocycles. The van der Waals surface area contributed by atoms with Crippen LogP contribution in [0.2, 0.25) is 0 Å². The number of aromatic nitrogens is 3. The first-order chi connectivity index (χ1) is 18.9. The molecule has 0 fully saturated rings. The summed E-state index contributed by atoms with van der Waals surface area (Å²) in [6.07, 6.45) is 0. The summed E-state index contributed by atoms with van der Waals surface area (Å²) in [5.74, 6) is 0.906. The van der Waals surface area contributed by atoms with Gasteiger partial charge >= 0.3 is 0 Å². The second-order valence-electron chi connectivity index (χ2n) is 9.90. The Morgan fingerprint density at radius 1 is 1.00 bits per heavy atom. The van der Waals surface area contributed by atoms with Gasteiger partial charge in [0.15, 0.2) is 0 Å². The Morgan fingerprint density at radius 2 is 1.69 bits per heavy atom. The van der Waals surface area contributed by atoms with E-state index in [1.54, 1.807) is 4.57 Å².